The molecule has 0 saturated carbocycles. The van der Waals surface area contributed by atoms with Crippen LogP contribution in [0.1, 0.15) is 48.5 Å². The molecule has 1 aliphatic rings. The molecule has 0 aliphatic heterocycles. The van der Waals surface area contributed by atoms with Crippen LogP contribution in [0.4, 0.5) is 0 Å². The standard InChI is InChI=1S/C15H27NOSi/c1-11-9-15(7,13(3)12(11)2)10-18(17)16(8)14(4,5)6/h9H,10H2,1-8H3. The highest BCUT2D eigenvalue weighted by molar-refractivity contribution is 6.40. The van der Waals surface area contributed by atoms with Crippen LogP contribution in [0.15, 0.2) is 22.8 Å². The molecule has 0 spiro atoms. The van der Waals surface area contributed by atoms with E-state index >= 15 is 0 Å². The van der Waals surface area contributed by atoms with Crippen LogP contribution in [0.3, 0.4) is 0 Å². The van der Waals surface area contributed by atoms with Gasteiger partial charge in [-0.15, -0.1) is 0 Å². The van der Waals surface area contributed by atoms with Gasteiger partial charge in [-0.2, -0.15) is 0 Å². The Morgan fingerprint density at radius 3 is 2.11 bits per heavy atom. The van der Waals surface area contributed by atoms with Gasteiger partial charge in [0.2, 0.25) is 0 Å². The summed E-state index contributed by atoms with van der Waals surface area (Å²) < 4.78 is 14.6. The molecule has 0 bridgehead atoms. The van der Waals surface area contributed by atoms with Gasteiger partial charge < -0.3 is 9.03 Å². The Morgan fingerprint density at radius 1 is 1.28 bits per heavy atom. The van der Waals surface area contributed by atoms with Crippen LogP contribution < -0.4 is 0 Å². The first-order chi connectivity index (χ1) is 7.99. The summed E-state index contributed by atoms with van der Waals surface area (Å²) in [6.07, 6.45) is 2.29. The molecule has 0 radical (unpaired) electrons. The number of hydrogen-bond acceptors (Lipinski definition) is 1. The summed E-state index contributed by atoms with van der Waals surface area (Å²) in [5.41, 5.74) is 4.02. The van der Waals surface area contributed by atoms with Crippen molar-refractivity contribution in [3.8, 4) is 0 Å². The maximum Gasteiger partial charge on any atom is 0.396 e. The van der Waals surface area contributed by atoms with Gasteiger partial charge in [-0.05, 0) is 47.1 Å². The first kappa shape index (κ1) is 15.4. The number of hydrogen-bond donors (Lipinski definition) is 0. The maximum absolute atomic E-state index is 12.6. The number of allylic oxidation sites excluding steroid dienone is 4. The summed E-state index contributed by atoms with van der Waals surface area (Å²) in [5, 5.41) is 0. The SMILES string of the molecule is CC1=CC(C)(C[Si](=O)N(C)C(C)(C)C)C(C)=C1C. The summed E-state index contributed by atoms with van der Waals surface area (Å²) in [6.45, 7) is 15.0. The van der Waals surface area contributed by atoms with Gasteiger partial charge in [-0.3, -0.25) is 0 Å². The van der Waals surface area contributed by atoms with Crippen LogP contribution >= 0.6 is 0 Å². The van der Waals surface area contributed by atoms with Gasteiger partial charge in [0.25, 0.3) is 0 Å². The third kappa shape index (κ3) is 2.82. The molecule has 0 aromatic carbocycles. The zero-order chi connectivity index (χ0) is 14.3. The molecule has 0 aromatic heterocycles. The Hall–Kier alpha value is -0.703. The smallest absolute Gasteiger partial charge is 0.375 e. The third-order valence-electron chi connectivity index (χ3n) is 4.44. The van der Waals surface area contributed by atoms with Gasteiger partial charge in [0.05, 0.1) is 0 Å². The van der Waals surface area contributed by atoms with E-state index in [-0.39, 0.29) is 11.0 Å². The molecule has 0 N–H and O–H groups in total. The lowest BCUT2D eigenvalue weighted by Gasteiger charge is -2.34. The normalized spacial score (nSPS) is 24.3. The van der Waals surface area contributed by atoms with Crippen molar-refractivity contribution in [2.24, 2.45) is 5.41 Å². The van der Waals surface area contributed by atoms with Crippen LogP contribution in [0.2, 0.25) is 6.04 Å². The average molecular weight is 265 g/mol. The molecule has 0 saturated heterocycles. The minimum atomic E-state index is -1.74. The largest absolute Gasteiger partial charge is 0.396 e. The quantitative estimate of drug-likeness (QED) is 0.720. The minimum absolute atomic E-state index is 0.0241. The molecule has 0 aromatic rings. The van der Waals surface area contributed by atoms with Crippen molar-refractivity contribution in [1.29, 1.82) is 0 Å². The Kier molecular flexibility index (Phi) is 4.06. The average Bonchev–Trinajstić information content (AvgIpc) is 2.40. The predicted molar refractivity (Wildman–Crippen MR) is 79.0 cm³/mol. The van der Waals surface area contributed by atoms with Gasteiger partial charge in [-0.25, -0.2) is 0 Å². The molecular formula is C15H27NOSi. The Morgan fingerprint density at radius 2 is 1.78 bits per heavy atom. The molecule has 0 amide bonds. The van der Waals surface area contributed by atoms with Gasteiger partial charge in [0.1, 0.15) is 0 Å². The molecule has 1 rings (SSSR count). The zero-order valence-corrected chi connectivity index (χ0v) is 14.1. The first-order valence-electron chi connectivity index (χ1n) is 6.63. The number of rotatable bonds is 3. The van der Waals surface area contributed by atoms with E-state index < -0.39 is 8.84 Å². The van der Waals surface area contributed by atoms with Gasteiger partial charge in [-0.1, -0.05) is 24.1 Å². The van der Waals surface area contributed by atoms with Crippen LogP contribution in [0.25, 0.3) is 0 Å². The zero-order valence-electron chi connectivity index (χ0n) is 13.1. The minimum Gasteiger partial charge on any atom is -0.375 e. The molecule has 1 aliphatic carbocycles. The van der Waals surface area contributed by atoms with Gasteiger partial charge in [0, 0.05) is 24.0 Å². The highest BCUT2D eigenvalue weighted by Crippen LogP contribution is 2.43. The first-order valence-corrected chi connectivity index (χ1v) is 8.20. The maximum atomic E-state index is 12.6. The van der Waals surface area contributed by atoms with Crippen molar-refractivity contribution in [2.75, 3.05) is 7.05 Å². The Labute approximate surface area is 114 Å². The molecule has 1 atom stereocenters. The van der Waals surface area contributed by atoms with Crippen molar-refractivity contribution in [2.45, 2.75) is 60.0 Å². The van der Waals surface area contributed by atoms with Crippen molar-refractivity contribution in [1.82, 2.24) is 4.57 Å². The summed E-state index contributed by atoms with van der Waals surface area (Å²) in [4.78, 5) is 0. The molecule has 102 valence electrons. The second kappa shape index (κ2) is 4.76. The number of nitrogens with zero attached hydrogens (tertiary/aromatic N) is 1. The van der Waals surface area contributed by atoms with Gasteiger partial charge >= 0.3 is 8.84 Å². The summed E-state index contributed by atoms with van der Waals surface area (Å²) in [5.74, 6) is 0. The summed E-state index contributed by atoms with van der Waals surface area (Å²) in [7, 11) is 0.234. The van der Waals surface area contributed by atoms with E-state index in [2.05, 4.69) is 54.5 Å². The van der Waals surface area contributed by atoms with E-state index in [1.54, 1.807) is 0 Å². The Bertz CT molecular complexity index is 428. The molecule has 3 heteroatoms. The van der Waals surface area contributed by atoms with Crippen molar-refractivity contribution in [3.63, 3.8) is 0 Å². The van der Waals surface area contributed by atoms with Crippen molar-refractivity contribution < 1.29 is 4.46 Å². The van der Waals surface area contributed by atoms with Crippen LogP contribution in [-0.2, 0) is 4.46 Å². The van der Waals surface area contributed by atoms with E-state index in [1.807, 2.05) is 11.6 Å². The van der Waals surface area contributed by atoms with E-state index in [4.69, 9.17) is 0 Å². The monoisotopic (exact) mass is 265 g/mol. The molecule has 18 heavy (non-hydrogen) atoms. The third-order valence-corrected chi connectivity index (χ3v) is 6.90. The predicted octanol–water partition coefficient (Wildman–Crippen LogP) is 3.94. The topological polar surface area (TPSA) is 20.3 Å². The second-order valence-corrected chi connectivity index (χ2v) is 8.61. The van der Waals surface area contributed by atoms with E-state index in [0.717, 1.165) is 6.04 Å². The highest BCUT2D eigenvalue weighted by atomic mass is 28.3. The molecule has 0 heterocycles. The fourth-order valence-corrected chi connectivity index (χ4v) is 4.39. The van der Waals surface area contributed by atoms with Crippen LogP contribution in [0, 0.1) is 5.41 Å². The molecule has 0 fully saturated rings. The fourth-order valence-electron chi connectivity index (χ4n) is 2.41. The summed E-state index contributed by atoms with van der Waals surface area (Å²) in [6, 6.07) is 0.742. The fraction of sp³-hybridized carbons (Fsp3) is 0.733. The van der Waals surface area contributed by atoms with Crippen molar-refractivity contribution in [3.05, 3.63) is 22.8 Å². The lowest BCUT2D eigenvalue weighted by atomic mass is 9.87. The Balaban J connectivity index is 2.91. The highest BCUT2D eigenvalue weighted by Gasteiger charge is 2.36. The molecular weight excluding hydrogens is 238 g/mol. The lowest BCUT2D eigenvalue weighted by Crippen LogP contribution is -2.45. The van der Waals surface area contributed by atoms with E-state index in [9.17, 15) is 4.46 Å². The second-order valence-electron chi connectivity index (χ2n) is 6.80. The summed E-state index contributed by atoms with van der Waals surface area (Å²) >= 11 is 0. The molecule has 2 nitrogen and oxygen atoms in total. The van der Waals surface area contributed by atoms with E-state index in [1.165, 1.54) is 16.7 Å². The van der Waals surface area contributed by atoms with Crippen molar-refractivity contribution >= 4 is 8.84 Å². The van der Waals surface area contributed by atoms with Gasteiger partial charge in [0.15, 0.2) is 0 Å². The van der Waals surface area contributed by atoms with E-state index in [0.29, 0.717) is 0 Å². The van der Waals surface area contributed by atoms with Crippen LogP contribution in [0.5, 0.6) is 0 Å². The van der Waals surface area contributed by atoms with Crippen LogP contribution in [-0.4, -0.2) is 26.0 Å². The lowest BCUT2D eigenvalue weighted by molar-refractivity contribution is 0.269. The molecule has 1 unspecified atom stereocenters.